The predicted molar refractivity (Wildman–Crippen MR) is 57.8 cm³/mol. The summed E-state index contributed by atoms with van der Waals surface area (Å²) in [5.41, 5.74) is 0.289. The molecule has 0 rings (SSSR count). The van der Waals surface area contributed by atoms with E-state index in [0.717, 1.165) is 13.0 Å². The number of nitrogens with one attached hydrogen (secondary N) is 1. The van der Waals surface area contributed by atoms with Gasteiger partial charge in [0, 0.05) is 6.04 Å². The molecule has 0 aromatic heterocycles. The van der Waals surface area contributed by atoms with E-state index in [1.165, 1.54) is 0 Å². The Morgan fingerprint density at radius 1 is 1.23 bits per heavy atom. The Hall–Kier alpha value is -0.0800. The molecule has 0 aromatic carbocycles. The zero-order chi connectivity index (χ0) is 10.5. The van der Waals surface area contributed by atoms with Gasteiger partial charge in [0.25, 0.3) is 0 Å². The SMILES string of the molecule is CC(C)CNC(CO)CC(C)(C)C. The van der Waals surface area contributed by atoms with E-state index in [0.29, 0.717) is 5.92 Å². The van der Waals surface area contributed by atoms with Gasteiger partial charge in [-0.05, 0) is 24.3 Å². The van der Waals surface area contributed by atoms with Crippen LogP contribution in [0.15, 0.2) is 0 Å². The lowest BCUT2D eigenvalue weighted by molar-refractivity contribution is 0.196. The molecule has 0 aliphatic rings. The Bertz CT molecular complexity index is 127. The van der Waals surface area contributed by atoms with Crippen molar-refractivity contribution in [2.75, 3.05) is 13.2 Å². The number of aliphatic hydroxyl groups is 1. The van der Waals surface area contributed by atoms with Crippen molar-refractivity contribution < 1.29 is 5.11 Å². The monoisotopic (exact) mass is 187 g/mol. The lowest BCUT2D eigenvalue weighted by Gasteiger charge is -2.26. The molecule has 0 saturated heterocycles. The lowest BCUT2D eigenvalue weighted by atomic mass is 9.88. The van der Waals surface area contributed by atoms with Crippen molar-refractivity contribution in [1.82, 2.24) is 5.32 Å². The molecule has 2 heteroatoms. The zero-order valence-electron chi connectivity index (χ0n) is 9.72. The number of rotatable bonds is 5. The summed E-state index contributed by atoms with van der Waals surface area (Å²) in [4.78, 5) is 0. The van der Waals surface area contributed by atoms with E-state index < -0.39 is 0 Å². The van der Waals surface area contributed by atoms with Crippen LogP contribution in [0.5, 0.6) is 0 Å². The minimum Gasteiger partial charge on any atom is -0.395 e. The number of aliphatic hydroxyl groups excluding tert-OH is 1. The van der Waals surface area contributed by atoms with Gasteiger partial charge >= 0.3 is 0 Å². The molecule has 0 bridgehead atoms. The molecule has 0 amide bonds. The second-order valence-corrected chi connectivity index (χ2v) is 5.45. The van der Waals surface area contributed by atoms with E-state index in [9.17, 15) is 0 Å². The summed E-state index contributed by atoms with van der Waals surface area (Å²) < 4.78 is 0. The van der Waals surface area contributed by atoms with Crippen LogP contribution in [0.2, 0.25) is 0 Å². The maximum absolute atomic E-state index is 9.14. The van der Waals surface area contributed by atoms with Crippen LogP contribution in [-0.4, -0.2) is 24.3 Å². The van der Waals surface area contributed by atoms with Crippen LogP contribution in [0, 0.1) is 11.3 Å². The van der Waals surface area contributed by atoms with Gasteiger partial charge in [-0.15, -0.1) is 0 Å². The number of hydrogen-bond acceptors (Lipinski definition) is 2. The minimum atomic E-state index is 0.240. The normalized spacial score (nSPS) is 15.0. The quantitative estimate of drug-likeness (QED) is 0.690. The van der Waals surface area contributed by atoms with Crippen molar-refractivity contribution in [1.29, 1.82) is 0 Å². The highest BCUT2D eigenvalue weighted by atomic mass is 16.3. The van der Waals surface area contributed by atoms with E-state index in [1.54, 1.807) is 0 Å². The summed E-state index contributed by atoms with van der Waals surface area (Å²) in [7, 11) is 0. The van der Waals surface area contributed by atoms with Crippen LogP contribution >= 0.6 is 0 Å². The van der Waals surface area contributed by atoms with Gasteiger partial charge in [0.15, 0.2) is 0 Å². The first-order valence-corrected chi connectivity index (χ1v) is 5.19. The molecule has 0 aliphatic carbocycles. The molecule has 1 unspecified atom stereocenters. The summed E-state index contributed by atoms with van der Waals surface area (Å²) in [6.07, 6.45) is 1.02. The van der Waals surface area contributed by atoms with Gasteiger partial charge in [-0.2, -0.15) is 0 Å². The van der Waals surface area contributed by atoms with Crippen LogP contribution in [0.25, 0.3) is 0 Å². The molecule has 0 spiro atoms. The fraction of sp³-hybridized carbons (Fsp3) is 1.00. The van der Waals surface area contributed by atoms with Gasteiger partial charge in [-0.3, -0.25) is 0 Å². The topological polar surface area (TPSA) is 32.3 Å². The molecule has 0 aromatic rings. The van der Waals surface area contributed by atoms with Gasteiger partial charge < -0.3 is 10.4 Å². The van der Waals surface area contributed by atoms with Crippen molar-refractivity contribution in [2.24, 2.45) is 11.3 Å². The first-order valence-electron chi connectivity index (χ1n) is 5.19. The van der Waals surface area contributed by atoms with Crippen molar-refractivity contribution in [3.05, 3.63) is 0 Å². The highest BCUT2D eigenvalue weighted by Gasteiger charge is 2.17. The largest absolute Gasteiger partial charge is 0.395 e. The summed E-state index contributed by atoms with van der Waals surface area (Å²) in [6.45, 7) is 12.2. The third-order valence-electron chi connectivity index (χ3n) is 1.89. The van der Waals surface area contributed by atoms with E-state index in [4.69, 9.17) is 5.11 Å². The molecule has 0 aliphatic heterocycles. The van der Waals surface area contributed by atoms with Crippen molar-refractivity contribution >= 4 is 0 Å². The maximum Gasteiger partial charge on any atom is 0.0584 e. The fourth-order valence-electron chi connectivity index (χ4n) is 1.34. The third-order valence-corrected chi connectivity index (χ3v) is 1.89. The Morgan fingerprint density at radius 2 is 1.77 bits per heavy atom. The van der Waals surface area contributed by atoms with Gasteiger partial charge in [0.05, 0.1) is 6.61 Å². The molecular weight excluding hydrogens is 162 g/mol. The van der Waals surface area contributed by atoms with Crippen LogP contribution in [0.3, 0.4) is 0 Å². The van der Waals surface area contributed by atoms with Crippen LogP contribution in [0.1, 0.15) is 41.0 Å². The number of hydrogen-bond donors (Lipinski definition) is 2. The van der Waals surface area contributed by atoms with Crippen LogP contribution in [0.4, 0.5) is 0 Å². The van der Waals surface area contributed by atoms with E-state index >= 15 is 0 Å². The molecular formula is C11H25NO. The third kappa shape index (κ3) is 8.26. The standard InChI is InChI=1S/C11H25NO/c1-9(2)7-12-10(8-13)6-11(3,4)5/h9-10,12-13H,6-8H2,1-5H3. The van der Waals surface area contributed by atoms with E-state index in [2.05, 4.69) is 39.9 Å². The Kier molecular flexibility index (Phi) is 5.57. The van der Waals surface area contributed by atoms with Crippen molar-refractivity contribution in [2.45, 2.75) is 47.1 Å². The van der Waals surface area contributed by atoms with Crippen LogP contribution < -0.4 is 5.32 Å². The summed E-state index contributed by atoms with van der Waals surface area (Å²) in [5, 5.41) is 12.5. The molecule has 0 saturated carbocycles. The molecule has 2 nitrogen and oxygen atoms in total. The molecule has 0 fully saturated rings. The average Bonchev–Trinajstić information content (AvgIpc) is 1.95. The Labute approximate surface area is 82.7 Å². The highest BCUT2D eigenvalue weighted by Crippen LogP contribution is 2.20. The first-order chi connectivity index (χ1) is 5.85. The average molecular weight is 187 g/mol. The molecule has 0 radical (unpaired) electrons. The summed E-state index contributed by atoms with van der Waals surface area (Å²) in [5.74, 6) is 0.647. The highest BCUT2D eigenvalue weighted by molar-refractivity contribution is 4.74. The second kappa shape index (κ2) is 5.61. The van der Waals surface area contributed by atoms with Gasteiger partial charge in [-0.1, -0.05) is 34.6 Å². The maximum atomic E-state index is 9.14. The molecule has 0 heterocycles. The van der Waals surface area contributed by atoms with Crippen molar-refractivity contribution in [3.63, 3.8) is 0 Å². The minimum absolute atomic E-state index is 0.240. The van der Waals surface area contributed by atoms with E-state index in [-0.39, 0.29) is 18.1 Å². The predicted octanol–water partition coefficient (Wildman–Crippen LogP) is 2.03. The van der Waals surface area contributed by atoms with Gasteiger partial charge in [0.1, 0.15) is 0 Å². The molecule has 13 heavy (non-hydrogen) atoms. The van der Waals surface area contributed by atoms with Gasteiger partial charge in [-0.25, -0.2) is 0 Å². The smallest absolute Gasteiger partial charge is 0.0584 e. The van der Waals surface area contributed by atoms with E-state index in [1.807, 2.05) is 0 Å². The fourth-order valence-corrected chi connectivity index (χ4v) is 1.34. The van der Waals surface area contributed by atoms with Gasteiger partial charge in [0.2, 0.25) is 0 Å². The lowest BCUT2D eigenvalue weighted by Crippen LogP contribution is -2.37. The summed E-state index contributed by atoms with van der Waals surface area (Å²) >= 11 is 0. The van der Waals surface area contributed by atoms with Crippen LogP contribution in [-0.2, 0) is 0 Å². The molecule has 1 atom stereocenters. The molecule has 2 N–H and O–H groups in total. The Morgan fingerprint density at radius 3 is 2.08 bits per heavy atom. The first kappa shape index (κ1) is 12.9. The zero-order valence-corrected chi connectivity index (χ0v) is 9.72. The second-order valence-electron chi connectivity index (χ2n) is 5.45. The summed E-state index contributed by atoms with van der Waals surface area (Å²) in [6, 6.07) is 0.252. The Balaban J connectivity index is 3.76. The van der Waals surface area contributed by atoms with Crippen molar-refractivity contribution in [3.8, 4) is 0 Å². The molecule has 80 valence electrons.